The van der Waals surface area contributed by atoms with Gasteiger partial charge in [-0.3, -0.25) is 13.9 Å². The molecule has 0 aliphatic carbocycles. The van der Waals surface area contributed by atoms with Crippen molar-refractivity contribution in [3.8, 4) is 5.75 Å². The second-order valence-electron chi connectivity index (χ2n) is 10.8. The van der Waals surface area contributed by atoms with Gasteiger partial charge in [-0.15, -0.1) is 0 Å². The number of methoxy groups -OCH3 is 1. The van der Waals surface area contributed by atoms with Gasteiger partial charge in [-0.2, -0.15) is 0 Å². The molecule has 0 spiro atoms. The van der Waals surface area contributed by atoms with Crippen LogP contribution in [0.3, 0.4) is 0 Å². The number of rotatable bonds is 12. The Kier molecular flexibility index (Phi) is 10.6. The van der Waals surface area contributed by atoms with Gasteiger partial charge in [0.05, 0.1) is 17.7 Å². The van der Waals surface area contributed by atoms with Crippen molar-refractivity contribution in [1.29, 1.82) is 0 Å². The van der Waals surface area contributed by atoms with E-state index >= 15 is 0 Å². The number of anilines is 1. The number of hydrogen-bond acceptors (Lipinski definition) is 5. The molecule has 41 heavy (non-hydrogen) atoms. The number of amides is 2. The van der Waals surface area contributed by atoms with Crippen molar-refractivity contribution in [1.82, 2.24) is 10.2 Å². The summed E-state index contributed by atoms with van der Waals surface area (Å²) in [5.74, 6) is 0.0970. The minimum Gasteiger partial charge on any atom is -0.497 e. The molecule has 220 valence electrons. The van der Waals surface area contributed by atoms with Gasteiger partial charge in [0.2, 0.25) is 11.8 Å². The Morgan fingerprint density at radius 3 is 2.05 bits per heavy atom. The number of aryl methyl sites for hydroxylation is 3. The SMILES string of the molecule is COc1ccc(CN(C(=O)CN(c2ccc(C)cc2C)S(=O)(=O)c2ccc(C)cc2)[C@H](C)C(=O)NCC(C)C)cc1. The first-order valence-electron chi connectivity index (χ1n) is 13.7. The van der Waals surface area contributed by atoms with Crippen LogP contribution in [-0.4, -0.2) is 51.4 Å². The third kappa shape index (κ3) is 8.10. The summed E-state index contributed by atoms with van der Waals surface area (Å²) in [6, 6.07) is 18.3. The maximum atomic E-state index is 14.1. The molecule has 0 saturated carbocycles. The Hall–Kier alpha value is -3.85. The predicted molar refractivity (Wildman–Crippen MR) is 162 cm³/mol. The van der Waals surface area contributed by atoms with Crippen LogP contribution in [0.1, 0.15) is 43.0 Å². The Morgan fingerprint density at radius 2 is 1.49 bits per heavy atom. The van der Waals surface area contributed by atoms with Crippen LogP contribution in [0, 0.1) is 26.7 Å². The van der Waals surface area contributed by atoms with E-state index in [1.807, 2.05) is 58.9 Å². The van der Waals surface area contributed by atoms with Crippen molar-refractivity contribution in [2.24, 2.45) is 5.92 Å². The number of sulfonamides is 1. The topological polar surface area (TPSA) is 96.0 Å². The summed E-state index contributed by atoms with van der Waals surface area (Å²) in [5.41, 5.74) is 3.80. The van der Waals surface area contributed by atoms with Gasteiger partial charge >= 0.3 is 0 Å². The van der Waals surface area contributed by atoms with Gasteiger partial charge in [0.15, 0.2) is 0 Å². The quantitative estimate of drug-likeness (QED) is 0.326. The van der Waals surface area contributed by atoms with E-state index in [-0.39, 0.29) is 23.3 Å². The van der Waals surface area contributed by atoms with E-state index in [1.165, 1.54) is 4.90 Å². The average molecular weight is 580 g/mol. The smallest absolute Gasteiger partial charge is 0.264 e. The largest absolute Gasteiger partial charge is 0.497 e. The highest BCUT2D eigenvalue weighted by Gasteiger charge is 2.33. The molecular formula is C32H41N3O5S. The average Bonchev–Trinajstić information content (AvgIpc) is 2.93. The van der Waals surface area contributed by atoms with Crippen LogP contribution >= 0.6 is 0 Å². The van der Waals surface area contributed by atoms with Gasteiger partial charge in [-0.1, -0.05) is 61.4 Å². The highest BCUT2D eigenvalue weighted by atomic mass is 32.2. The van der Waals surface area contributed by atoms with Gasteiger partial charge < -0.3 is 15.0 Å². The second kappa shape index (κ2) is 13.7. The van der Waals surface area contributed by atoms with Crippen molar-refractivity contribution < 1.29 is 22.7 Å². The zero-order chi connectivity index (χ0) is 30.3. The van der Waals surface area contributed by atoms with E-state index in [9.17, 15) is 18.0 Å². The maximum absolute atomic E-state index is 14.1. The van der Waals surface area contributed by atoms with Crippen LogP contribution in [0.25, 0.3) is 0 Å². The zero-order valence-corrected chi connectivity index (χ0v) is 25.8. The molecule has 9 heteroatoms. The van der Waals surface area contributed by atoms with Crippen molar-refractivity contribution in [3.63, 3.8) is 0 Å². The lowest BCUT2D eigenvalue weighted by molar-refractivity contribution is -0.139. The maximum Gasteiger partial charge on any atom is 0.264 e. The molecule has 0 aromatic heterocycles. The number of carbonyl (C=O) groups is 2. The molecule has 0 heterocycles. The highest BCUT2D eigenvalue weighted by Crippen LogP contribution is 2.28. The van der Waals surface area contributed by atoms with Gasteiger partial charge in [0.1, 0.15) is 18.3 Å². The molecule has 3 rings (SSSR count). The number of hydrogen-bond donors (Lipinski definition) is 1. The van der Waals surface area contributed by atoms with Crippen LogP contribution in [0.15, 0.2) is 71.6 Å². The minimum absolute atomic E-state index is 0.0836. The highest BCUT2D eigenvalue weighted by molar-refractivity contribution is 7.92. The number of nitrogens with zero attached hydrogens (tertiary/aromatic N) is 2. The van der Waals surface area contributed by atoms with Gasteiger partial charge in [0, 0.05) is 13.1 Å². The minimum atomic E-state index is -4.12. The first-order chi connectivity index (χ1) is 19.3. The second-order valence-corrected chi connectivity index (χ2v) is 12.7. The molecule has 0 radical (unpaired) electrons. The van der Waals surface area contributed by atoms with Crippen LogP contribution in [0.2, 0.25) is 0 Å². The van der Waals surface area contributed by atoms with E-state index in [0.717, 1.165) is 26.6 Å². The summed E-state index contributed by atoms with van der Waals surface area (Å²) < 4.78 is 34.4. The standard InChI is InChI=1S/C32H41N3O5S/c1-22(2)19-33-32(37)26(6)34(20-27-11-13-28(40-7)14-12-27)31(36)21-35(30-17-10-24(4)18-25(30)5)41(38,39)29-15-8-23(3)9-16-29/h8-18,22,26H,19-21H2,1-7H3,(H,33,37)/t26-/m1/s1. The third-order valence-corrected chi connectivity index (χ3v) is 8.65. The fourth-order valence-electron chi connectivity index (χ4n) is 4.40. The molecule has 3 aromatic rings. The Balaban J connectivity index is 2.04. The summed E-state index contributed by atoms with van der Waals surface area (Å²) in [6.45, 7) is 11.4. The van der Waals surface area contributed by atoms with Crippen molar-refractivity contribution in [3.05, 3.63) is 89.0 Å². The molecule has 2 amide bonds. The predicted octanol–water partition coefficient (Wildman–Crippen LogP) is 5.01. The van der Waals surface area contributed by atoms with Gasteiger partial charge in [-0.05, 0) is 75.1 Å². The Bertz CT molecular complexity index is 1450. The summed E-state index contributed by atoms with van der Waals surface area (Å²) in [5, 5.41) is 2.90. The first kappa shape index (κ1) is 31.7. The third-order valence-electron chi connectivity index (χ3n) is 6.87. The lowest BCUT2D eigenvalue weighted by atomic mass is 10.1. The van der Waals surface area contributed by atoms with Crippen LogP contribution < -0.4 is 14.4 Å². The Morgan fingerprint density at radius 1 is 0.878 bits per heavy atom. The number of carbonyl (C=O) groups excluding carboxylic acids is 2. The lowest BCUT2D eigenvalue weighted by Crippen LogP contribution is -2.51. The molecule has 0 aliphatic heterocycles. The molecule has 0 fully saturated rings. The van der Waals surface area contributed by atoms with Crippen LogP contribution in [0.5, 0.6) is 5.75 Å². The molecule has 0 aliphatic rings. The van der Waals surface area contributed by atoms with Crippen molar-refractivity contribution >= 4 is 27.5 Å². The normalized spacial score (nSPS) is 12.1. The van der Waals surface area contributed by atoms with E-state index < -0.39 is 28.5 Å². The molecule has 0 bridgehead atoms. The van der Waals surface area contributed by atoms with E-state index in [2.05, 4.69) is 5.32 Å². The first-order valence-corrected chi connectivity index (χ1v) is 15.1. The van der Waals surface area contributed by atoms with Gasteiger partial charge in [0.25, 0.3) is 10.0 Å². The zero-order valence-electron chi connectivity index (χ0n) is 25.0. The van der Waals surface area contributed by atoms with E-state index in [0.29, 0.717) is 18.0 Å². The molecular weight excluding hydrogens is 538 g/mol. The molecule has 0 unspecified atom stereocenters. The van der Waals surface area contributed by atoms with E-state index in [1.54, 1.807) is 56.5 Å². The van der Waals surface area contributed by atoms with Crippen molar-refractivity contribution in [2.45, 2.75) is 59.0 Å². The summed E-state index contributed by atoms with van der Waals surface area (Å²) >= 11 is 0. The van der Waals surface area contributed by atoms with Crippen LogP contribution in [0.4, 0.5) is 5.69 Å². The van der Waals surface area contributed by atoms with Crippen molar-refractivity contribution in [2.75, 3.05) is 24.5 Å². The molecule has 3 aromatic carbocycles. The fraction of sp³-hybridized carbons (Fsp3) is 0.375. The molecule has 1 atom stereocenters. The number of ether oxygens (including phenoxy) is 1. The number of nitrogens with one attached hydrogen (secondary N) is 1. The molecule has 0 saturated heterocycles. The molecule has 1 N–H and O–H groups in total. The summed E-state index contributed by atoms with van der Waals surface area (Å²) in [7, 11) is -2.54. The Labute approximate surface area is 244 Å². The monoisotopic (exact) mass is 579 g/mol. The number of benzene rings is 3. The summed E-state index contributed by atoms with van der Waals surface area (Å²) in [4.78, 5) is 28.7. The van der Waals surface area contributed by atoms with Crippen LogP contribution in [-0.2, 0) is 26.2 Å². The lowest BCUT2D eigenvalue weighted by Gasteiger charge is -2.32. The summed E-state index contributed by atoms with van der Waals surface area (Å²) in [6.07, 6.45) is 0. The van der Waals surface area contributed by atoms with E-state index in [4.69, 9.17) is 4.74 Å². The van der Waals surface area contributed by atoms with Gasteiger partial charge in [-0.25, -0.2) is 8.42 Å². The molecule has 8 nitrogen and oxygen atoms in total. The fourth-order valence-corrected chi connectivity index (χ4v) is 5.88.